The highest BCUT2D eigenvalue weighted by Gasteiger charge is 2.45. The predicted octanol–water partition coefficient (Wildman–Crippen LogP) is 3.33. The van der Waals surface area contributed by atoms with Gasteiger partial charge in [0.2, 0.25) is 0 Å². The number of methoxy groups -OCH3 is 1. The highest BCUT2D eigenvalue weighted by atomic mass is 35.5. The number of Topliss-reactive ketones (excluding diaryl/α,β-unsaturated/α-hetero) is 1. The first-order valence-electron chi connectivity index (χ1n) is 9.16. The van der Waals surface area contributed by atoms with Crippen molar-refractivity contribution in [2.75, 3.05) is 34.3 Å². The minimum absolute atomic E-state index is 0.0456. The number of likely N-dealkylation sites (tertiary alicyclic amines) is 1. The number of hydrogen-bond donors (Lipinski definition) is 1. The first-order chi connectivity index (χ1) is 13.8. The van der Waals surface area contributed by atoms with Crippen molar-refractivity contribution in [2.24, 2.45) is 0 Å². The number of ether oxygens (including phenoxy) is 1. The van der Waals surface area contributed by atoms with E-state index in [9.17, 15) is 14.7 Å². The average molecular weight is 415 g/mol. The third-order valence-corrected chi connectivity index (χ3v) is 5.07. The molecule has 152 valence electrons. The molecule has 2 aromatic rings. The van der Waals surface area contributed by atoms with Crippen molar-refractivity contribution in [2.45, 2.75) is 6.04 Å². The van der Waals surface area contributed by atoms with Crippen LogP contribution in [0.4, 0.5) is 0 Å². The third-order valence-electron chi connectivity index (χ3n) is 4.84. The van der Waals surface area contributed by atoms with Gasteiger partial charge in [-0.2, -0.15) is 0 Å². The van der Waals surface area contributed by atoms with Gasteiger partial charge in [-0.3, -0.25) is 9.59 Å². The summed E-state index contributed by atoms with van der Waals surface area (Å²) in [5.41, 5.74) is 1.12. The highest BCUT2D eigenvalue weighted by molar-refractivity contribution is 6.46. The van der Waals surface area contributed by atoms with E-state index in [2.05, 4.69) is 0 Å². The van der Waals surface area contributed by atoms with E-state index in [0.717, 1.165) is 0 Å². The fourth-order valence-electron chi connectivity index (χ4n) is 3.37. The number of hydrogen-bond acceptors (Lipinski definition) is 5. The summed E-state index contributed by atoms with van der Waals surface area (Å²) in [4.78, 5) is 29.1. The molecule has 0 spiro atoms. The molecule has 1 atom stereocenters. The zero-order valence-electron chi connectivity index (χ0n) is 16.6. The Kier molecular flexibility index (Phi) is 6.25. The van der Waals surface area contributed by atoms with Gasteiger partial charge >= 0.3 is 0 Å². The number of amides is 1. The molecule has 6 nitrogen and oxygen atoms in total. The Morgan fingerprint density at radius 2 is 1.90 bits per heavy atom. The lowest BCUT2D eigenvalue weighted by atomic mass is 9.95. The molecule has 1 N–H and O–H groups in total. The van der Waals surface area contributed by atoms with Gasteiger partial charge in [0, 0.05) is 23.7 Å². The molecule has 7 heteroatoms. The molecule has 1 aliphatic heterocycles. The summed E-state index contributed by atoms with van der Waals surface area (Å²) in [7, 11) is 5.30. The molecular formula is C22H23ClN2O4. The highest BCUT2D eigenvalue weighted by Crippen LogP contribution is 2.40. The average Bonchev–Trinajstić information content (AvgIpc) is 2.96. The minimum Gasteiger partial charge on any atom is -0.507 e. The molecule has 0 aliphatic carbocycles. The maximum Gasteiger partial charge on any atom is 0.295 e. The van der Waals surface area contributed by atoms with Gasteiger partial charge < -0.3 is 19.6 Å². The molecule has 0 radical (unpaired) electrons. The summed E-state index contributed by atoms with van der Waals surface area (Å²) < 4.78 is 5.21. The van der Waals surface area contributed by atoms with E-state index in [1.807, 2.05) is 19.0 Å². The summed E-state index contributed by atoms with van der Waals surface area (Å²) in [6, 6.07) is 13.0. The number of rotatable bonds is 6. The molecule has 29 heavy (non-hydrogen) atoms. The number of benzene rings is 2. The Bertz CT molecular complexity index is 971. The topological polar surface area (TPSA) is 70.1 Å². The van der Waals surface area contributed by atoms with Gasteiger partial charge in [0.05, 0.1) is 18.7 Å². The lowest BCUT2D eigenvalue weighted by molar-refractivity contribution is -0.140. The zero-order valence-corrected chi connectivity index (χ0v) is 17.3. The van der Waals surface area contributed by atoms with Gasteiger partial charge in [0.25, 0.3) is 11.7 Å². The van der Waals surface area contributed by atoms with Crippen molar-refractivity contribution in [1.82, 2.24) is 9.80 Å². The summed E-state index contributed by atoms with van der Waals surface area (Å²) in [6.07, 6.45) is 0. The van der Waals surface area contributed by atoms with Crippen molar-refractivity contribution in [3.05, 3.63) is 70.3 Å². The van der Waals surface area contributed by atoms with Crippen LogP contribution in [-0.4, -0.2) is 60.9 Å². The summed E-state index contributed by atoms with van der Waals surface area (Å²) in [5.74, 6) is -1.05. The van der Waals surface area contributed by atoms with E-state index in [-0.39, 0.29) is 11.3 Å². The molecule has 3 rings (SSSR count). The number of carbonyl (C=O) groups is 2. The number of nitrogens with zero attached hydrogens (tertiary/aromatic N) is 2. The van der Waals surface area contributed by atoms with Crippen LogP contribution in [0.5, 0.6) is 5.75 Å². The van der Waals surface area contributed by atoms with Gasteiger partial charge in [0.1, 0.15) is 11.5 Å². The van der Waals surface area contributed by atoms with Crippen LogP contribution in [-0.2, 0) is 9.59 Å². The Balaban J connectivity index is 2.16. The zero-order chi connectivity index (χ0) is 21.1. The molecule has 1 fully saturated rings. The smallest absolute Gasteiger partial charge is 0.295 e. The molecule has 1 saturated heterocycles. The maximum atomic E-state index is 12.9. The van der Waals surface area contributed by atoms with E-state index in [1.165, 1.54) is 12.0 Å². The fourth-order valence-corrected chi connectivity index (χ4v) is 3.57. The van der Waals surface area contributed by atoms with Crippen LogP contribution >= 0.6 is 11.6 Å². The number of ketones is 1. The number of carbonyl (C=O) groups excluding carboxylic acids is 2. The molecule has 2 aromatic carbocycles. The van der Waals surface area contributed by atoms with Gasteiger partial charge in [-0.05, 0) is 43.9 Å². The second kappa shape index (κ2) is 8.68. The van der Waals surface area contributed by atoms with Crippen LogP contribution in [0.2, 0.25) is 5.02 Å². The van der Waals surface area contributed by atoms with Crippen LogP contribution in [0.1, 0.15) is 17.2 Å². The minimum atomic E-state index is -0.722. The van der Waals surface area contributed by atoms with Crippen molar-refractivity contribution in [1.29, 1.82) is 0 Å². The van der Waals surface area contributed by atoms with Crippen LogP contribution in [0.25, 0.3) is 5.76 Å². The number of aliphatic hydroxyl groups excluding tert-OH is 1. The van der Waals surface area contributed by atoms with Crippen molar-refractivity contribution >= 4 is 29.1 Å². The molecule has 0 saturated carbocycles. The Morgan fingerprint density at radius 3 is 2.55 bits per heavy atom. The monoisotopic (exact) mass is 414 g/mol. The second-order valence-corrected chi connectivity index (χ2v) is 7.52. The van der Waals surface area contributed by atoms with Gasteiger partial charge in [-0.1, -0.05) is 35.9 Å². The molecule has 1 heterocycles. The summed E-state index contributed by atoms with van der Waals surface area (Å²) in [6.45, 7) is 0.910. The van der Waals surface area contributed by atoms with E-state index >= 15 is 0 Å². The lowest BCUT2D eigenvalue weighted by Crippen LogP contribution is -2.35. The Hall–Kier alpha value is -2.83. The van der Waals surface area contributed by atoms with Crippen LogP contribution < -0.4 is 4.74 Å². The Labute approximate surface area is 174 Å². The number of likely N-dealkylation sites (N-methyl/N-ethyl adjacent to an activating group) is 1. The second-order valence-electron chi connectivity index (χ2n) is 7.08. The fraction of sp³-hybridized carbons (Fsp3) is 0.273. The van der Waals surface area contributed by atoms with Gasteiger partial charge in [-0.25, -0.2) is 0 Å². The summed E-state index contributed by atoms with van der Waals surface area (Å²) in [5, 5.41) is 11.5. The standard InChI is InChI=1S/C22H23ClN2O4/c1-24(2)10-11-25-19(14-6-4-8-16(23)12-14)18(21(27)22(25)28)20(26)15-7-5-9-17(13-15)29-3/h4-9,12-13,19,26H,10-11H2,1-3H3/b20-18+. The summed E-state index contributed by atoms with van der Waals surface area (Å²) >= 11 is 6.16. The maximum absolute atomic E-state index is 12.9. The Morgan fingerprint density at radius 1 is 1.17 bits per heavy atom. The van der Waals surface area contributed by atoms with Gasteiger partial charge in [-0.15, -0.1) is 0 Å². The molecule has 0 aromatic heterocycles. The predicted molar refractivity (Wildman–Crippen MR) is 112 cm³/mol. The van der Waals surface area contributed by atoms with Crippen LogP contribution in [0.3, 0.4) is 0 Å². The normalized spacial score (nSPS) is 18.5. The third kappa shape index (κ3) is 4.28. The first kappa shape index (κ1) is 20.9. The molecule has 0 bridgehead atoms. The SMILES string of the molecule is COc1cccc(/C(O)=C2\C(=O)C(=O)N(CCN(C)C)C2c2cccc(Cl)c2)c1. The number of halogens is 1. The first-order valence-corrected chi connectivity index (χ1v) is 9.54. The van der Waals surface area contributed by atoms with E-state index in [0.29, 0.717) is 35.0 Å². The van der Waals surface area contributed by atoms with Gasteiger partial charge in [0.15, 0.2) is 0 Å². The molecule has 1 amide bonds. The van der Waals surface area contributed by atoms with E-state index in [1.54, 1.807) is 48.5 Å². The van der Waals surface area contributed by atoms with Crippen molar-refractivity contribution in [3.63, 3.8) is 0 Å². The van der Waals surface area contributed by atoms with Crippen molar-refractivity contribution < 1.29 is 19.4 Å². The number of aliphatic hydroxyl groups is 1. The van der Waals surface area contributed by atoms with E-state index < -0.39 is 17.7 Å². The largest absolute Gasteiger partial charge is 0.507 e. The van der Waals surface area contributed by atoms with Crippen LogP contribution in [0.15, 0.2) is 54.1 Å². The van der Waals surface area contributed by atoms with Crippen LogP contribution in [0, 0.1) is 0 Å². The lowest BCUT2D eigenvalue weighted by Gasteiger charge is -2.26. The van der Waals surface area contributed by atoms with Crippen molar-refractivity contribution in [3.8, 4) is 5.75 Å². The quantitative estimate of drug-likeness (QED) is 0.446. The molecule has 1 aliphatic rings. The van der Waals surface area contributed by atoms with E-state index in [4.69, 9.17) is 16.3 Å². The molecular weight excluding hydrogens is 392 g/mol. The molecule has 1 unspecified atom stereocenters.